The largest absolute Gasteiger partial charge is 0.392 e. The maximum absolute atomic E-state index is 8.81. The minimum absolute atomic E-state index is 0.0985. The van der Waals surface area contributed by atoms with Crippen molar-refractivity contribution in [2.75, 3.05) is 6.61 Å². The second kappa shape index (κ2) is 8.19. The van der Waals surface area contributed by atoms with Crippen LogP contribution in [0.5, 0.6) is 0 Å². The molecule has 0 aromatic heterocycles. The minimum atomic E-state index is 0.0985. The first kappa shape index (κ1) is 17.7. The maximum Gasteiger partial charge on any atom is 0.0617 e. The molecule has 0 atom stereocenters. The van der Waals surface area contributed by atoms with Crippen molar-refractivity contribution in [1.29, 1.82) is 0 Å². The van der Waals surface area contributed by atoms with Crippen LogP contribution in [0.2, 0.25) is 0 Å². The molecule has 0 saturated heterocycles. The lowest BCUT2D eigenvalue weighted by Gasteiger charge is -2.32. The van der Waals surface area contributed by atoms with Crippen LogP contribution >= 0.6 is 0 Å². The van der Waals surface area contributed by atoms with Gasteiger partial charge >= 0.3 is 0 Å². The van der Waals surface area contributed by atoms with Crippen LogP contribution < -0.4 is 0 Å². The van der Waals surface area contributed by atoms with Crippen LogP contribution in [0.25, 0.3) is 0 Å². The quantitative estimate of drug-likeness (QED) is 0.661. The molecule has 1 N–H and O–H groups in total. The summed E-state index contributed by atoms with van der Waals surface area (Å²) in [4.78, 5) is 0. The molecule has 0 bridgehead atoms. The van der Waals surface area contributed by atoms with E-state index in [0.717, 1.165) is 5.57 Å². The van der Waals surface area contributed by atoms with Crippen LogP contribution in [-0.4, -0.2) is 11.7 Å². The smallest absolute Gasteiger partial charge is 0.0617 e. The Morgan fingerprint density at radius 1 is 1.19 bits per heavy atom. The van der Waals surface area contributed by atoms with Gasteiger partial charge in [0.15, 0.2) is 0 Å². The van der Waals surface area contributed by atoms with E-state index in [-0.39, 0.29) is 6.61 Å². The molecule has 0 aliphatic heterocycles. The Bertz CT molecular complexity index is 496. The Balaban J connectivity index is 2.78. The highest BCUT2D eigenvalue weighted by atomic mass is 16.2. The average molecular weight is 286 g/mol. The van der Waals surface area contributed by atoms with Crippen molar-refractivity contribution >= 4 is 0 Å². The molecule has 1 rings (SSSR count). The molecule has 1 heteroatoms. The van der Waals surface area contributed by atoms with Crippen molar-refractivity contribution in [2.45, 2.75) is 53.9 Å². The zero-order chi connectivity index (χ0) is 15.9. The van der Waals surface area contributed by atoms with Gasteiger partial charge in [-0.05, 0) is 51.0 Å². The highest BCUT2D eigenvalue weighted by molar-refractivity contribution is 5.37. The number of hydrogen-bond donors (Lipinski definition) is 1. The van der Waals surface area contributed by atoms with Crippen molar-refractivity contribution in [1.82, 2.24) is 0 Å². The van der Waals surface area contributed by atoms with E-state index in [9.17, 15) is 0 Å². The zero-order valence-corrected chi connectivity index (χ0v) is 14.2. The maximum atomic E-state index is 8.81. The fourth-order valence-electron chi connectivity index (χ4n) is 2.84. The van der Waals surface area contributed by atoms with Gasteiger partial charge in [-0.25, -0.2) is 0 Å². The third kappa shape index (κ3) is 5.89. The summed E-state index contributed by atoms with van der Waals surface area (Å²) in [5.74, 6) is 0. The van der Waals surface area contributed by atoms with Crippen molar-refractivity contribution in [3.05, 3.63) is 58.7 Å². The van der Waals surface area contributed by atoms with E-state index in [2.05, 4.69) is 45.9 Å². The predicted molar refractivity (Wildman–Crippen MR) is 93.2 cm³/mol. The average Bonchev–Trinajstić information content (AvgIpc) is 2.37. The normalized spacial score (nSPS) is 20.9. The van der Waals surface area contributed by atoms with Gasteiger partial charge in [0.1, 0.15) is 0 Å². The Morgan fingerprint density at radius 2 is 1.90 bits per heavy atom. The third-order valence-electron chi connectivity index (χ3n) is 4.19. The van der Waals surface area contributed by atoms with Crippen LogP contribution in [0.3, 0.4) is 0 Å². The summed E-state index contributed by atoms with van der Waals surface area (Å²) >= 11 is 0. The lowest BCUT2D eigenvalue weighted by Crippen LogP contribution is -2.19. The number of hydrogen-bond acceptors (Lipinski definition) is 1. The van der Waals surface area contributed by atoms with Crippen molar-refractivity contribution in [2.24, 2.45) is 5.41 Å². The van der Waals surface area contributed by atoms with Crippen LogP contribution in [0.4, 0.5) is 0 Å². The standard InChI is InChI=1S/C20H30O/c1-16(8-6-9-17(2)13-15-21)11-12-19-18(3)10-7-14-20(19,4)5/h6,8-9,11-13,21H,7,10,14-15H2,1-5H3/b9-6+,12-11+,16-8+,17-13-. The summed E-state index contributed by atoms with van der Waals surface area (Å²) in [7, 11) is 0. The van der Waals surface area contributed by atoms with E-state index in [0.29, 0.717) is 5.41 Å². The van der Waals surface area contributed by atoms with Gasteiger partial charge in [-0.15, -0.1) is 0 Å². The Morgan fingerprint density at radius 3 is 2.52 bits per heavy atom. The summed E-state index contributed by atoms with van der Waals surface area (Å²) in [5, 5.41) is 8.81. The molecule has 0 aromatic carbocycles. The first-order valence-corrected chi connectivity index (χ1v) is 7.87. The van der Waals surface area contributed by atoms with Gasteiger partial charge in [0.25, 0.3) is 0 Å². The van der Waals surface area contributed by atoms with E-state index in [4.69, 9.17) is 5.11 Å². The molecule has 1 aliphatic rings. The number of allylic oxidation sites excluding steroid dienone is 9. The van der Waals surface area contributed by atoms with E-state index in [1.807, 2.05) is 19.1 Å². The molecule has 21 heavy (non-hydrogen) atoms. The van der Waals surface area contributed by atoms with Gasteiger partial charge in [-0.3, -0.25) is 0 Å². The fourth-order valence-corrected chi connectivity index (χ4v) is 2.84. The lowest BCUT2D eigenvalue weighted by atomic mass is 9.72. The first-order valence-electron chi connectivity index (χ1n) is 7.87. The van der Waals surface area contributed by atoms with Gasteiger partial charge in [0, 0.05) is 0 Å². The molecule has 0 radical (unpaired) electrons. The zero-order valence-electron chi connectivity index (χ0n) is 14.2. The van der Waals surface area contributed by atoms with Crippen molar-refractivity contribution in [3.63, 3.8) is 0 Å². The highest BCUT2D eigenvalue weighted by Gasteiger charge is 2.26. The number of aliphatic hydroxyl groups excluding tert-OH is 1. The van der Waals surface area contributed by atoms with Crippen molar-refractivity contribution < 1.29 is 5.11 Å². The van der Waals surface area contributed by atoms with Crippen molar-refractivity contribution in [3.8, 4) is 0 Å². The summed E-state index contributed by atoms with van der Waals surface area (Å²) in [5.41, 5.74) is 5.66. The van der Waals surface area contributed by atoms with Crippen LogP contribution in [0, 0.1) is 5.41 Å². The topological polar surface area (TPSA) is 20.2 Å². The molecule has 0 spiro atoms. The monoisotopic (exact) mass is 286 g/mol. The molecule has 116 valence electrons. The molecule has 0 fully saturated rings. The van der Waals surface area contributed by atoms with Crippen LogP contribution in [0.1, 0.15) is 53.9 Å². The molecule has 0 aromatic rings. The number of aliphatic hydroxyl groups is 1. The SMILES string of the molecule is CC1=C(/C=C/C(C)=C/C=C/C(C)=C\CO)C(C)(C)CCC1. The van der Waals surface area contributed by atoms with E-state index < -0.39 is 0 Å². The molecular weight excluding hydrogens is 256 g/mol. The molecule has 0 saturated carbocycles. The Hall–Kier alpha value is -1.34. The fraction of sp³-hybridized carbons (Fsp3) is 0.500. The summed E-state index contributed by atoms with van der Waals surface area (Å²) < 4.78 is 0. The van der Waals surface area contributed by atoms with Gasteiger partial charge in [-0.1, -0.05) is 67.0 Å². The predicted octanol–water partition coefficient (Wildman–Crippen LogP) is 5.51. The van der Waals surface area contributed by atoms with E-state index in [1.165, 1.54) is 36.0 Å². The highest BCUT2D eigenvalue weighted by Crippen LogP contribution is 2.40. The number of rotatable bonds is 5. The molecule has 1 aliphatic carbocycles. The minimum Gasteiger partial charge on any atom is -0.392 e. The second-order valence-electron chi connectivity index (χ2n) is 6.67. The van der Waals surface area contributed by atoms with E-state index >= 15 is 0 Å². The lowest BCUT2D eigenvalue weighted by molar-refractivity contribution is 0.342. The molecule has 0 amide bonds. The second-order valence-corrected chi connectivity index (χ2v) is 6.67. The van der Waals surface area contributed by atoms with Crippen LogP contribution in [-0.2, 0) is 0 Å². The Kier molecular flexibility index (Phi) is 6.91. The van der Waals surface area contributed by atoms with Crippen LogP contribution in [0.15, 0.2) is 58.7 Å². The summed E-state index contributed by atoms with van der Waals surface area (Å²) in [6.07, 6.45) is 16.3. The van der Waals surface area contributed by atoms with Gasteiger partial charge < -0.3 is 5.11 Å². The first-order chi connectivity index (χ1) is 9.86. The van der Waals surface area contributed by atoms with Gasteiger partial charge in [0.2, 0.25) is 0 Å². The van der Waals surface area contributed by atoms with Gasteiger partial charge in [0.05, 0.1) is 6.61 Å². The molecule has 1 nitrogen and oxygen atoms in total. The Labute approximate surface area is 130 Å². The summed E-state index contributed by atoms with van der Waals surface area (Å²) in [6, 6.07) is 0. The van der Waals surface area contributed by atoms with E-state index in [1.54, 1.807) is 6.08 Å². The third-order valence-corrected chi connectivity index (χ3v) is 4.19. The van der Waals surface area contributed by atoms with Gasteiger partial charge in [-0.2, -0.15) is 0 Å². The summed E-state index contributed by atoms with van der Waals surface area (Å²) in [6.45, 7) is 11.2. The molecular formula is C20H30O. The molecule has 0 heterocycles. The molecule has 0 unspecified atom stereocenters.